The molecule has 0 fully saturated rings. The van der Waals surface area contributed by atoms with Gasteiger partial charge in [-0.3, -0.25) is 14.9 Å². The van der Waals surface area contributed by atoms with Crippen molar-refractivity contribution in [2.75, 3.05) is 25.1 Å². The zero-order valence-corrected chi connectivity index (χ0v) is 11.0. The standard InChI is InChI=1S/C10H12BrN3O4/c11-8-5-7(14(16)17)1-2-9(8)13-10(15)6-18-4-3-12/h1-2,5H,3-4,6,12H2,(H,13,15). The number of carbonyl (C=O) groups excluding carboxylic acids is 1. The molecule has 3 N–H and O–H groups in total. The molecule has 1 aromatic rings. The molecule has 0 bridgehead atoms. The number of anilines is 1. The summed E-state index contributed by atoms with van der Waals surface area (Å²) < 4.78 is 5.39. The van der Waals surface area contributed by atoms with Crippen LogP contribution in [0.15, 0.2) is 22.7 Å². The van der Waals surface area contributed by atoms with Crippen molar-refractivity contribution in [2.45, 2.75) is 0 Å². The minimum atomic E-state index is -0.513. The van der Waals surface area contributed by atoms with Gasteiger partial charge in [-0.15, -0.1) is 0 Å². The summed E-state index contributed by atoms with van der Waals surface area (Å²) in [6.45, 7) is 0.532. The molecule has 0 aliphatic heterocycles. The predicted molar refractivity (Wildman–Crippen MR) is 69.3 cm³/mol. The number of nitrogens with two attached hydrogens (primary N) is 1. The van der Waals surface area contributed by atoms with Crippen LogP contribution in [0.3, 0.4) is 0 Å². The number of halogens is 1. The Morgan fingerprint density at radius 3 is 2.83 bits per heavy atom. The summed E-state index contributed by atoms with van der Waals surface area (Å²) in [5, 5.41) is 13.1. The van der Waals surface area contributed by atoms with Gasteiger partial charge in [0, 0.05) is 23.2 Å². The zero-order chi connectivity index (χ0) is 13.5. The molecule has 0 aliphatic rings. The van der Waals surface area contributed by atoms with E-state index in [1.54, 1.807) is 0 Å². The molecular weight excluding hydrogens is 306 g/mol. The number of ether oxygens (including phenoxy) is 1. The lowest BCUT2D eigenvalue weighted by Crippen LogP contribution is -2.20. The molecule has 0 saturated carbocycles. The van der Waals surface area contributed by atoms with E-state index in [4.69, 9.17) is 10.5 Å². The van der Waals surface area contributed by atoms with E-state index in [0.717, 1.165) is 0 Å². The van der Waals surface area contributed by atoms with E-state index < -0.39 is 4.92 Å². The molecule has 0 spiro atoms. The maximum absolute atomic E-state index is 11.4. The molecule has 1 rings (SSSR count). The monoisotopic (exact) mass is 317 g/mol. The van der Waals surface area contributed by atoms with Gasteiger partial charge in [-0.05, 0) is 22.0 Å². The largest absolute Gasteiger partial charge is 0.370 e. The highest BCUT2D eigenvalue weighted by atomic mass is 79.9. The summed E-state index contributed by atoms with van der Waals surface area (Å²) in [4.78, 5) is 21.4. The van der Waals surface area contributed by atoms with E-state index in [-0.39, 0.29) is 18.2 Å². The van der Waals surface area contributed by atoms with Gasteiger partial charge in [-0.1, -0.05) is 0 Å². The van der Waals surface area contributed by atoms with E-state index in [1.807, 2.05) is 0 Å². The lowest BCUT2D eigenvalue weighted by Gasteiger charge is -2.07. The van der Waals surface area contributed by atoms with Gasteiger partial charge in [0.25, 0.3) is 5.69 Å². The Morgan fingerprint density at radius 2 is 2.28 bits per heavy atom. The fourth-order valence-corrected chi connectivity index (χ4v) is 1.62. The van der Waals surface area contributed by atoms with E-state index in [9.17, 15) is 14.9 Å². The summed E-state index contributed by atoms with van der Waals surface area (Å²) in [6.07, 6.45) is 0. The molecule has 0 saturated heterocycles. The van der Waals surface area contributed by atoms with Crippen LogP contribution < -0.4 is 11.1 Å². The molecule has 0 atom stereocenters. The molecule has 7 nitrogen and oxygen atoms in total. The third-order valence-corrected chi connectivity index (χ3v) is 2.59. The first-order valence-corrected chi connectivity index (χ1v) is 5.85. The van der Waals surface area contributed by atoms with Crippen molar-refractivity contribution in [3.05, 3.63) is 32.8 Å². The van der Waals surface area contributed by atoms with Gasteiger partial charge in [-0.25, -0.2) is 0 Å². The highest BCUT2D eigenvalue weighted by Crippen LogP contribution is 2.26. The summed E-state index contributed by atoms with van der Waals surface area (Å²) in [5.74, 6) is -0.349. The summed E-state index contributed by atoms with van der Waals surface area (Å²) in [5.41, 5.74) is 5.60. The molecule has 0 aliphatic carbocycles. The Morgan fingerprint density at radius 1 is 1.56 bits per heavy atom. The predicted octanol–water partition coefficient (Wildman–Crippen LogP) is 1.27. The fraction of sp³-hybridized carbons (Fsp3) is 0.300. The first kappa shape index (κ1) is 14.6. The van der Waals surface area contributed by atoms with Gasteiger partial charge in [0.15, 0.2) is 0 Å². The smallest absolute Gasteiger partial charge is 0.270 e. The second kappa shape index (κ2) is 7.04. The van der Waals surface area contributed by atoms with Crippen LogP contribution in [0.5, 0.6) is 0 Å². The minimum absolute atomic E-state index is 0.0562. The van der Waals surface area contributed by atoms with Crippen molar-refractivity contribution in [3.63, 3.8) is 0 Å². The third kappa shape index (κ3) is 4.40. The number of hydrogen-bond acceptors (Lipinski definition) is 5. The SMILES string of the molecule is NCCOCC(=O)Nc1ccc([N+](=O)[O-])cc1Br. The second-order valence-electron chi connectivity index (χ2n) is 3.31. The van der Waals surface area contributed by atoms with E-state index >= 15 is 0 Å². The molecule has 0 heterocycles. The highest BCUT2D eigenvalue weighted by molar-refractivity contribution is 9.10. The summed E-state index contributed by atoms with van der Waals surface area (Å²) in [6, 6.07) is 4.07. The topological polar surface area (TPSA) is 107 Å². The summed E-state index contributed by atoms with van der Waals surface area (Å²) >= 11 is 3.15. The maximum Gasteiger partial charge on any atom is 0.270 e. The van der Waals surface area contributed by atoms with Crippen LogP contribution in [-0.4, -0.2) is 30.6 Å². The lowest BCUT2D eigenvalue weighted by atomic mass is 10.3. The van der Waals surface area contributed by atoms with Crippen LogP contribution in [0.25, 0.3) is 0 Å². The average molecular weight is 318 g/mol. The van der Waals surface area contributed by atoms with Crippen molar-refractivity contribution in [1.82, 2.24) is 0 Å². The molecule has 98 valence electrons. The van der Waals surface area contributed by atoms with Gasteiger partial charge in [0.2, 0.25) is 5.91 Å². The quantitative estimate of drug-likeness (QED) is 0.466. The molecule has 0 unspecified atom stereocenters. The van der Waals surface area contributed by atoms with Crippen LogP contribution in [0.4, 0.5) is 11.4 Å². The van der Waals surface area contributed by atoms with Gasteiger partial charge < -0.3 is 15.8 Å². The number of nitro benzene ring substituents is 1. The number of non-ortho nitro benzene ring substituents is 1. The van der Waals surface area contributed by atoms with Crippen LogP contribution in [0.2, 0.25) is 0 Å². The number of nitrogens with one attached hydrogen (secondary N) is 1. The van der Waals surface area contributed by atoms with Crippen LogP contribution in [-0.2, 0) is 9.53 Å². The van der Waals surface area contributed by atoms with Crippen LogP contribution >= 0.6 is 15.9 Å². The van der Waals surface area contributed by atoms with E-state index in [0.29, 0.717) is 23.3 Å². The minimum Gasteiger partial charge on any atom is -0.370 e. The fourth-order valence-electron chi connectivity index (χ4n) is 1.15. The molecule has 0 aromatic heterocycles. The van der Waals surface area contributed by atoms with Gasteiger partial charge in [-0.2, -0.15) is 0 Å². The molecule has 0 radical (unpaired) electrons. The molecule has 1 amide bonds. The Balaban J connectivity index is 2.62. The van der Waals surface area contributed by atoms with Crippen molar-refractivity contribution in [2.24, 2.45) is 5.73 Å². The Bertz CT molecular complexity index is 453. The maximum atomic E-state index is 11.4. The number of amides is 1. The van der Waals surface area contributed by atoms with Crippen molar-refractivity contribution < 1.29 is 14.5 Å². The Labute approximate surface area is 112 Å². The first-order chi connectivity index (χ1) is 8.54. The van der Waals surface area contributed by atoms with Crippen molar-refractivity contribution in [3.8, 4) is 0 Å². The number of benzene rings is 1. The second-order valence-corrected chi connectivity index (χ2v) is 4.17. The Hall–Kier alpha value is -1.51. The van der Waals surface area contributed by atoms with Gasteiger partial charge >= 0.3 is 0 Å². The van der Waals surface area contributed by atoms with E-state index in [1.165, 1.54) is 18.2 Å². The normalized spacial score (nSPS) is 10.1. The number of hydrogen-bond donors (Lipinski definition) is 2. The number of rotatable bonds is 6. The van der Waals surface area contributed by atoms with Crippen LogP contribution in [0, 0.1) is 10.1 Å². The summed E-state index contributed by atoms with van der Waals surface area (Å²) in [7, 11) is 0. The Kier molecular flexibility index (Phi) is 5.69. The number of nitrogens with zero attached hydrogens (tertiary/aromatic N) is 1. The van der Waals surface area contributed by atoms with Crippen molar-refractivity contribution in [1.29, 1.82) is 0 Å². The number of nitro groups is 1. The average Bonchev–Trinajstić information content (AvgIpc) is 2.32. The van der Waals surface area contributed by atoms with E-state index in [2.05, 4.69) is 21.2 Å². The third-order valence-electron chi connectivity index (χ3n) is 1.93. The molecular formula is C10H12BrN3O4. The molecule has 18 heavy (non-hydrogen) atoms. The van der Waals surface area contributed by atoms with Crippen LogP contribution in [0.1, 0.15) is 0 Å². The molecule has 1 aromatic carbocycles. The van der Waals surface area contributed by atoms with Crippen molar-refractivity contribution >= 4 is 33.2 Å². The number of carbonyl (C=O) groups is 1. The van der Waals surface area contributed by atoms with Gasteiger partial charge in [0.1, 0.15) is 6.61 Å². The van der Waals surface area contributed by atoms with Gasteiger partial charge in [0.05, 0.1) is 17.2 Å². The molecule has 8 heteroatoms. The first-order valence-electron chi connectivity index (χ1n) is 5.06. The zero-order valence-electron chi connectivity index (χ0n) is 9.39. The highest BCUT2D eigenvalue weighted by Gasteiger charge is 2.11. The lowest BCUT2D eigenvalue weighted by molar-refractivity contribution is -0.384.